The first-order valence-corrected chi connectivity index (χ1v) is 10.3. The van der Waals surface area contributed by atoms with Gasteiger partial charge in [0.1, 0.15) is 0 Å². The lowest BCUT2D eigenvalue weighted by molar-refractivity contribution is -0.121. The van der Waals surface area contributed by atoms with E-state index in [4.69, 9.17) is 0 Å². The molecule has 24 heavy (non-hydrogen) atoms. The Morgan fingerprint density at radius 1 is 1.12 bits per heavy atom. The van der Waals surface area contributed by atoms with Gasteiger partial charge < -0.3 is 10.2 Å². The summed E-state index contributed by atoms with van der Waals surface area (Å²) in [4.78, 5) is 14.0. The van der Waals surface area contributed by atoms with E-state index < -0.39 is 10.0 Å². The molecule has 0 heterocycles. The number of benzene rings is 1. The van der Waals surface area contributed by atoms with Gasteiger partial charge in [0, 0.05) is 37.8 Å². The zero-order valence-corrected chi connectivity index (χ0v) is 15.5. The summed E-state index contributed by atoms with van der Waals surface area (Å²) in [6.07, 6.45) is 3.38. The van der Waals surface area contributed by atoms with Crippen LogP contribution < -0.4 is 14.5 Å². The van der Waals surface area contributed by atoms with Crippen molar-refractivity contribution in [3.63, 3.8) is 0 Å². The van der Waals surface area contributed by atoms with E-state index in [9.17, 15) is 13.2 Å². The van der Waals surface area contributed by atoms with Crippen molar-refractivity contribution in [3.05, 3.63) is 24.3 Å². The number of carbonyl (C=O) groups excluding carboxylic acids is 1. The van der Waals surface area contributed by atoms with E-state index in [0.29, 0.717) is 5.69 Å². The Kier molecular flexibility index (Phi) is 6.10. The molecule has 7 heteroatoms. The maximum Gasteiger partial charge on any atom is 0.232 e. The quantitative estimate of drug-likeness (QED) is 0.737. The van der Waals surface area contributed by atoms with E-state index in [1.807, 2.05) is 12.1 Å². The zero-order chi connectivity index (χ0) is 17.7. The van der Waals surface area contributed by atoms with Gasteiger partial charge in [-0.1, -0.05) is 0 Å². The van der Waals surface area contributed by atoms with Gasteiger partial charge >= 0.3 is 0 Å². The van der Waals surface area contributed by atoms with Gasteiger partial charge in [-0.05, 0) is 51.0 Å². The van der Waals surface area contributed by atoms with Crippen molar-refractivity contribution in [2.24, 2.45) is 0 Å². The third-order valence-electron chi connectivity index (χ3n) is 4.15. The molecule has 1 fully saturated rings. The Bertz CT molecular complexity index is 650. The fourth-order valence-electron chi connectivity index (χ4n) is 2.64. The lowest BCUT2D eigenvalue weighted by Gasteiger charge is -2.25. The molecule has 134 valence electrons. The number of amides is 1. The van der Waals surface area contributed by atoms with Crippen LogP contribution in [0, 0.1) is 0 Å². The standard InChI is InChI=1S/C17H27N3O3S/c1-4-19(5-2)15-8-10-16(11-9-15)20(24(3,22)23)13-12-17(21)18-14-6-7-14/h8-11,14H,4-7,12-13H2,1-3H3,(H,18,21). The summed E-state index contributed by atoms with van der Waals surface area (Å²) in [5, 5.41) is 2.88. The largest absolute Gasteiger partial charge is 0.372 e. The molecule has 0 unspecified atom stereocenters. The SMILES string of the molecule is CCN(CC)c1ccc(N(CCC(=O)NC2CC2)S(C)(=O)=O)cc1. The first kappa shape index (κ1) is 18.6. The molecule has 1 N–H and O–H groups in total. The minimum Gasteiger partial charge on any atom is -0.372 e. The lowest BCUT2D eigenvalue weighted by atomic mass is 10.2. The van der Waals surface area contributed by atoms with E-state index in [0.717, 1.165) is 31.6 Å². The van der Waals surface area contributed by atoms with Crippen molar-refractivity contribution in [2.75, 3.05) is 35.1 Å². The van der Waals surface area contributed by atoms with E-state index >= 15 is 0 Å². The second-order valence-electron chi connectivity index (χ2n) is 6.12. The van der Waals surface area contributed by atoms with Gasteiger partial charge in [0.05, 0.1) is 11.9 Å². The maximum absolute atomic E-state index is 12.1. The Hall–Kier alpha value is -1.76. The van der Waals surface area contributed by atoms with Crippen LogP contribution in [0.3, 0.4) is 0 Å². The fourth-order valence-corrected chi connectivity index (χ4v) is 3.56. The number of nitrogens with one attached hydrogen (secondary N) is 1. The molecule has 1 aromatic rings. The molecule has 0 saturated heterocycles. The van der Waals surface area contributed by atoms with Crippen LogP contribution in [0.5, 0.6) is 0 Å². The van der Waals surface area contributed by atoms with E-state index in [2.05, 4.69) is 24.1 Å². The summed E-state index contributed by atoms with van der Waals surface area (Å²) in [6, 6.07) is 7.73. The van der Waals surface area contributed by atoms with E-state index in [1.165, 1.54) is 10.6 Å². The van der Waals surface area contributed by atoms with Crippen LogP contribution in [-0.2, 0) is 14.8 Å². The molecular weight excluding hydrogens is 326 g/mol. The predicted molar refractivity (Wildman–Crippen MR) is 98.0 cm³/mol. The second-order valence-corrected chi connectivity index (χ2v) is 8.02. The number of sulfonamides is 1. The van der Waals surface area contributed by atoms with Gasteiger partial charge in [0.25, 0.3) is 0 Å². The minimum absolute atomic E-state index is 0.0917. The fraction of sp³-hybridized carbons (Fsp3) is 0.588. The Morgan fingerprint density at radius 3 is 2.12 bits per heavy atom. The summed E-state index contributed by atoms with van der Waals surface area (Å²) in [5.41, 5.74) is 1.65. The molecule has 0 radical (unpaired) electrons. The number of carbonyl (C=O) groups is 1. The summed E-state index contributed by atoms with van der Waals surface area (Å²) >= 11 is 0. The summed E-state index contributed by atoms with van der Waals surface area (Å²) in [7, 11) is -3.43. The normalized spacial score (nSPS) is 14.3. The molecule has 0 aromatic heterocycles. The highest BCUT2D eigenvalue weighted by Gasteiger charge is 2.24. The van der Waals surface area contributed by atoms with Crippen LogP contribution in [0.4, 0.5) is 11.4 Å². The van der Waals surface area contributed by atoms with Crippen LogP contribution >= 0.6 is 0 Å². The van der Waals surface area contributed by atoms with Crippen molar-refractivity contribution >= 4 is 27.3 Å². The molecule has 0 atom stereocenters. The van der Waals surface area contributed by atoms with Gasteiger partial charge in [-0.2, -0.15) is 0 Å². The number of hydrogen-bond acceptors (Lipinski definition) is 4. The number of hydrogen-bond donors (Lipinski definition) is 1. The van der Waals surface area contributed by atoms with E-state index in [1.54, 1.807) is 12.1 Å². The number of anilines is 2. The molecule has 1 aliphatic rings. The van der Waals surface area contributed by atoms with Crippen LogP contribution in [-0.4, -0.2) is 46.3 Å². The van der Waals surface area contributed by atoms with Crippen molar-refractivity contribution < 1.29 is 13.2 Å². The highest BCUT2D eigenvalue weighted by Crippen LogP contribution is 2.23. The third kappa shape index (κ3) is 5.12. The molecular formula is C17H27N3O3S. The molecule has 1 aliphatic carbocycles. The smallest absolute Gasteiger partial charge is 0.232 e. The average molecular weight is 353 g/mol. The molecule has 1 saturated carbocycles. The molecule has 0 aliphatic heterocycles. The highest BCUT2D eigenvalue weighted by molar-refractivity contribution is 7.92. The van der Waals surface area contributed by atoms with Crippen molar-refractivity contribution in [1.29, 1.82) is 0 Å². The molecule has 0 bridgehead atoms. The Labute approximate surface area is 144 Å². The van der Waals surface area contributed by atoms with Crippen LogP contribution in [0.25, 0.3) is 0 Å². The van der Waals surface area contributed by atoms with Crippen LogP contribution in [0.2, 0.25) is 0 Å². The van der Waals surface area contributed by atoms with Gasteiger partial charge in [-0.3, -0.25) is 9.10 Å². The second kappa shape index (κ2) is 7.88. The Balaban J connectivity index is 2.08. The minimum atomic E-state index is -3.43. The maximum atomic E-state index is 12.1. The van der Waals surface area contributed by atoms with Gasteiger partial charge in [0.2, 0.25) is 15.9 Å². The Morgan fingerprint density at radius 2 is 1.67 bits per heavy atom. The van der Waals surface area contributed by atoms with Crippen molar-refractivity contribution in [1.82, 2.24) is 5.32 Å². The van der Waals surface area contributed by atoms with Gasteiger partial charge in [-0.25, -0.2) is 8.42 Å². The van der Waals surface area contributed by atoms with Crippen LogP contribution in [0.15, 0.2) is 24.3 Å². The molecule has 1 amide bonds. The van der Waals surface area contributed by atoms with Crippen LogP contribution in [0.1, 0.15) is 33.1 Å². The van der Waals surface area contributed by atoms with Crippen molar-refractivity contribution in [3.8, 4) is 0 Å². The molecule has 1 aromatic carbocycles. The number of nitrogens with zero attached hydrogens (tertiary/aromatic N) is 2. The lowest BCUT2D eigenvalue weighted by Crippen LogP contribution is -2.35. The molecule has 6 nitrogen and oxygen atoms in total. The first-order valence-electron chi connectivity index (χ1n) is 8.47. The van der Waals surface area contributed by atoms with Gasteiger partial charge in [-0.15, -0.1) is 0 Å². The van der Waals surface area contributed by atoms with Crippen molar-refractivity contribution in [2.45, 2.75) is 39.2 Å². The first-order chi connectivity index (χ1) is 11.3. The summed E-state index contributed by atoms with van der Waals surface area (Å²) in [6.45, 7) is 6.11. The average Bonchev–Trinajstić information content (AvgIpc) is 3.32. The zero-order valence-electron chi connectivity index (χ0n) is 14.7. The predicted octanol–water partition coefficient (Wildman–Crippen LogP) is 1.97. The highest BCUT2D eigenvalue weighted by atomic mass is 32.2. The number of rotatable bonds is 9. The van der Waals surface area contributed by atoms with Gasteiger partial charge in [0.15, 0.2) is 0 Å². The molecule has 2 rings (SSSR count). The topological polar surface area (TPSA) is 69.7 Å². The summed E-state index contributed by atoms with van der Waals surface area (Å²) in [5.74, 6) is -0.0917. The monoisotopic (exact) mass is 353 g/mol. The summed E-state index contributed by atoms with van der Waals surface area (Å²) < 4.78 is 25.5. The van der Waals surface area contributed by atoms with E-state index in [-0.39, 0.29) is 24.9 Å². The molecule has 0 spiro atoms. The third-order valence-corrected chi connectivity index (χ3v) is 5.35.